The van der Waals surface area contributed by atoms with Crippen molar-refractivity contribution >= 4 is 27.4 Å². The molecule has 0 unspecified atom stereocenters. The number of nitrogens with zero attached hydrogens (tertiary/aromatic N) is 1. The Morgan fingerprint density at radius 1 is 1.47 bits per heavy atom. The number of hydrogen-bond donors (Lipinski definition) is 1. The van der Waals surface area contributed by atoms with Gasteiger partial charge in [0.2, 0.25) is 0 Å². The lowest BCUT2D eigenvalue weighted by Gasteiger charge is -2.03. The zero-order valence-electron chi connectivity index (χ0n) is 7.25. The average Bonchev–Trinajstić information content (AvgIpc) is 2.15. The number of alkyl halides is 1. The molecule has 0 saturated heterocycles. The molecule has 1 aromatic carbocycles. The standard InChI is InChI=1S/C7H6ClNO5S/c8-4-5-6(9(10)11)2-1-3-7(5)15(12,13)14/h1-3H,4H2,(H,12,13,14). The molecule has 1 aromatic rings. The van der Waals surface area contributed by atoms with Crippen molar-refractivity contribution in [2.24, 2.45) is 0 Å². The molecule has 1 N–H and O–H groups in total. The number of rotatable bonds is 3. The second kappa shape index (κ2) is 4.13. The van der Waals surface area contributed by atoms with E-state index in [0.717, 1.165) is 18.2 Å². The summed E-state index contributed by atoms with van der Waals surface area (Å²) < 4.78 is 30.5. The summed E-state index contributed by atoms with van der Waals surface area (Å²) in [5.74, 6) is -0.369. The maximum atomic E-state index is 10.9. The van der Waals surface area contributed by atoms with Crippen molar-refractivity contribution in [3.63, 3.8) is 0 Å². The molecule has 0 amide bonds. The van der Waals surface area contributed by atoms with E-state index in [1.807, 2.05) is 0 Å². The smallest absolute Gasteiger partial charge is 0.282 e. The molecule has 0 aromatic heterocycles. The molecule has 0 aliphatic heterocycles. The molecule has 0 heterocycles. The van der Waals surface area contributed by atoms with Gasteiger partial charge in [0.25, 0.3) is 15.8 Å². The highest BCUT2D eigenvalue weighted by Gasteiger charge is 2.23. The van der Waals surface area contributed by atoms with Crippen molar-refractivity contribution in [1.29, 1.82) is 0 Å². The van der Waals surface area contributed by atoms with Crippen LogP contribution in [-0.4, -0.2) is 17.9 Å². The molecule has 0 aliphatic rings. The van der Waals surface area contributed by atoms with Crippen molar-refractivity contribution in [1.82, 2.24) is 0 Å². The van der Waals surface area contributed by atoms with Gasteiger partial charge in [-0.15, -0.1) is 11.6 Å². The Balaban J connectivity index is 3.56. The van der Waals surface area contributed by atoms with E-state index in [1.165, 1.54) is 0 Å². The number of nitro benzene ring substituents is 1. The number of halogens is 1. The predicted molar refractivity (Wildman–Crippen MR) is 52.5 cm³/mol. The molecule has 6 nitrogen and oxygen atoms in total. The minimum atomic E-state index is -4.49. The summed E-state index contributed by atoms with van der Waals surface area (Å²) in [6.07, 6.45) is 0. The van der Waals surface area contributed by atoms with E-state index >= 15 is 0 Å². The fourth-order valence-electron chi connectivity index (χ4n) is 1.10. The third kappa shape index (κ3) is 2.44. The van der Waals surface area contributed by atoms with Crippen LogP contribution in [0.5, 0.6) is 0 Å². The van der Waals surface area contributed by atoms with Crippen molar-refractivity contribution in [2.75, 3.05) is 0 Å². The van der Waals surface area contributed by atoms with E-state index in [-0.39, 0.29) is 11.4 Å². The Morgan fingerprint density at radius 3 is 2.47 bits per heavy atom. The van der Waals surface area contributed by atoms with Gasteiger partial charge in [-0.25, -0.2) is 0 Å². The third-order valence-corrected chi connectivity index (χ3v) is 2.92. The van der Waals surface area contributed by atoms with Gasteiger partial charge < -0.3 is 0 Å². The Morgan fingerprint density at radius 2 is 2.07 bits per heavy atom. The van der Waals surface area contributed by atoms with E-state index in [2.05, 4.69) is 0 Å². The number of benzene rings is 1. The monoisotopic (exact) mass is 251 g/mol. The first-order valence-corrected chi connectivity index (χ1v) is 5.65. The summed E-state index contributed by atoms with van der Waals surface area (Å²) in [5.41, 5.74) is -0.646. The van der Waals surface area contributed by atoms with Crippen LogP contribution in [-0.2, 0) is 16.0 Å². The maximum Gasteiger partial charge on any atom is 0.295 e. The van der Waals surface area contributed by atoms with E-state index in [0.29, 0.717) is 0 Å². The molecule has 82 valence electrons. The van der Waals surface area contributed by atoms with Gasteiger partial charge in [-0.05, 0) is 6.07 Å². The van der Waals surface area contributed by atoms with Crippen molar-refractivity contribution < 1.29 is 17.9 Å². The highest BCUT2D eigenvalue weighted by molar-refractivity contribution is 7.85. The Bertz CT molecular complexity index is 498. The molecule has 0 radical (unpaired) electrons. The SMILES string of the molecule is O=[N+]([O-])c1cccc(S(=O)(=O)O)c1CCl. The highest BCUT2D eigenvalue weighted by atomic mass is 35.5. The summed E-state index contributed by atoms with van der Waals surface area (Å²) in [7, 11) is -4.49. The van der Waals surface area contributed by atoms with Gasteiger partial charge in [0.15, 0.2) is 0 Å². The number of hydrogen-bond acceptors (Lipinski definition) is 4. The highest BCUT2D eigenvalue weighted by Crippen LogP contribution is 2.27. The largest absolute Gasteiger partial charge is 0.295 e. The van der Waals surface area contributed by atoms with Crippen LogP contribution in [0.15, 0.2) is 23.1 Å². The third-order valence-electron chi connectivity index (χ3n) is 1.72. The Hall–Kier alpha value is -1.18. The van der Waals surface area contributed by atoms with Gasteiger partial charge in [0.05, 0.1) is 16.4 Å². The van der Waals surface area contributed by atoms with Gasteiger partial charge >= 0.3 is 0 Å². The van der Waals surface area contributed by atoms with E-state index in [9.17, 15) is 18.5 Å². The fourth-order valence-corrected chi connectivity index (χ4v) is 2.20. The van der Waals surface area contributed by atoms with Crippen LogP contribution >= 0.6 is 11.6 Å². The Labute approximate surface area is 90.4 Å². The molecule has 15 heavy (non-hydrogen) atoms. The van der Waals surface area contributed by atoms with Crippen molar-refractivity contribution in [3.8, 4) is 0 Å². The summed E-state index contributed by atoms with van der Waals surface area (Å²) in [5, 5.41) is 10.5. The van der Waals surface area contributed by atoms with Crippen LogP contribution in [0.2, 0.25) is 0 Å². The quantitative estimate of drug-likeness (QED) is 0.381. The molecular formula is C7H6ClNO5S. The molecule has 0 aliphatic carbocycles. The first-order valence-electron chi connectivity index (χ1n) is 3.67. The van der Waals surface area contributed by atoms with Crippen LogP contribution in [0.3, 0.4) is 0 Å². The topological polar surface area (TPSA) is 97.5 Å². The lowest BCUT2D eigenvalue weighted by molar-refractivity contribution is -0.385. The summed E-state index contributed by atoms with van der Waals surface area (Å²) in [4.78, 5) is 9.24. The van der Waals surface area contributed by atoms with Crippen LogP contribution in [0.25, 0.3) is 0 Å². The van der Waals surface area contributed by atoms with Crippen molar-refractivity contribution in [2.45, 2.75) is 10.8 Å². The predicted octanol–water partition coefficient (Wildman–Crippen LogP) is 1.58. The lowest BCUT2D eigenvalue weighted by atomic mass is 10.2. The molecule has 0 saturated carbocycles. The van der Waals surface area contributed by atoms with Gasteiger partial charge in [-0.2, -0.15) is 8.42 Å². The van der Waals surface area contributed by atoms with E-state index in [1.54, 1.807) is 0 Å². The average molecular weight is 252 g/mol. The molecular weight excluding hydrogens is 246 g/mol. The molecule has 0 atom stereocenters. The molecule has 0 fully saturated rings. The summed E-state index contributed by atoms with van der Waals surface area (Å²) in [6.45, 7) is 0. The van der Waals surface area contributed by atoms with Gasteiger partial charge in [-0.1, -0.05) is 6.07 Å². The van der Waals surface area contributed by atoms with Crippen LogP contribution in [0, 0.1) is 10.1 Å². The first-order chi connectivity index (χ1) is 6.88. The normalized spacial score (nSPS) is 11.3. The van der Waals surface area contributed by atoms with Crippen molar-refractivity contribution in [3.05, 3.63) is 33.9 Å². The van der Waals surface area contributed by atoms with Crippen LogP contribution < -0.4 is 0 Å². The molecule has 8 heteroatoms. The zero-order chi connectivity index (χ0) is 11.6. The van der Waals surface area contributed by atoms with Crippen LogP contribution in [0.1, 0.15) is 5.56 Å². The lowest BCUT2D eigenvalue weighted by Crippen LogP contribution is -2.04. The Kier molecular flexibility index (Phi) is 3.28. The first kappa shape index (κ1) is 11.9. The van der Waals surface area contributed by atoms with Gasteiger partial charge in [-0.3, -0.25) is 14.7 Å². The minimum Gasteiger partial charge on any atom is -0.282 e. The molecule has 0 bridgehead atoms. The van der Waals surface area contributed by atoms with E-state index < -0.39 is 25.6 Å². The second-order valence-electron chi connectivity index (χ2n) is 2.62. The van der Waals surface area contributed by atoms with Gasteiger partial charge in [0.1, 0.15) is 4.90 Å². The summed E-state index contributed by atoms with van der Waals surface area (Å²) in [6, 6.07) is 3.34. The zero-order valence-corrected chi connectivity index (χ0v) is 8.83. The maximum absolute atomic E-state index is 10.9. The summed E-state index contributed by atoms with van der Waals surface area (Å²) >= 11 is 5.41. The second-order valence-corrected chi connectivity index (χ2v) is 4.28. The molecule has 1 rings (SSSR count). The van der Waals surface area contributed by atoms with Crippen LogP contribution in [0.4, 0.5) is 5.69 Å². The number of nitro groups is 1. The van der Waals surface area contributed by atoms with Gasteiger partial charge in [0, 0.05) is 6.07 Å². The molecule has 0 spiro atoms. The minimum absolute atomic E-state index is 0.216. The fraction of sp³-hybridized carbons (Fsp3) is 0.143. The van der Waals surface area contributed by atoms with E-state index in [4.69, 9.17) is 16.2 Å².